The topological polar surface area (TPSA) is 68.0 Å². The van der Waals surface area contributed by atoms with Crippen LogP contribution in [0.15, 0.2) is 53.7 Å². The summed E-state index contributed by atoms with van der Waals surface area (Å²) in [6.45, 7) is 0. The predicted octanol–water partition coefficient (Wildman–Crippen LogP) is 2.80. The fourth-order valence-corrected chi connectivity index (χ4v) is 2.73. The zero-order valence-electron chi connectivity index (χ0n) is 11.6. The summed E-state index contributed by atoms with van der Waals surface area (Å²) in [5.41, 5.74) is 7.21. The van der Waals surface area contributed by atoms with E-state index in [1.54, 1.807) is 18.0 Å². The van der Waals surface area contributed by atoms with Crippen molar-refractivity contribution in [1.82, 2.24) is 4.98 Å². The zero-order valence-corrected chi connectivity index (χ0v) is 12.4. The average Bonchev–Trinajstić information content (AvgIpc) is 3.27. The van der Waals surface area contributed by atoms with Crippen molar-refractivity contribution >= 4 is 23.4 Å². The minimum atomic E-state index is -0.631. The van der Waals surface area contributed by atoms with Crippen LogP contribution in [0.5, 0.6) is 0 Å². The molecule has 1 aliphatic carbocycles. The number of benzene rings is 1. The molecule has 1 aliphatic rings. The fourth-order valence-electron chi connectivity index (χ4n) is 1.90. The first-order chi connectivity index (χ1) is 10.2. The third-order valence-electron chi connectivity index (χ3n) is 3.48. The lowest BCUT2D eigenvalue weighted by molar-refractivity contribution is -0.118. The molecule has 0 saturated heterocycles. The largest absolute Gasteiger partial charge is 0.324 e. The molecule has 1 amide bonds. The highest BCUT2D eigenvalue weighted by Crippen LogP contribution is 2.33. The van der Waals surface area contributed by atoms with Gasteiger partial charge in [-0.2, -0.15) is 0 Å². The number of amides is 1. The minimum Gasteiger partial charge on any atom is -0.324 e. The van der Waals surface area contributed by atoms with Gasteiger partial charge in [-0.25, -0.2) is 0 Å². The number of carbonyl (C=O) groups excluding carboxylic acids is 1. The molecule has 5 heteroatoms. The first-order valence-corrected chi connectivity index (χ1v) is 7.86. The molecule has 4 nitrogen and oxygen atoms in total. The summed E-state index contributed by atoms with van der Waals surface area (Å²) in [5, 5.41) is 2.86. The van der Waals surface area contributed by atoms with Crippen LogP contribution in [0.3, 0.4) is 0 Å². The van der Waals surface area contributed by atoms with Crippen molar-refractivity contribution < 1.29 is 4.79 Å². The van der Waals surface area contributed by atoms with Crippen molar-refractivity contribution in [3.63, 3.8) is 0 Å². The van der Waals surface area contributed by atoms with Gasteiger partial charge in [0.05, 0.1) is 5.54 Å². The zero-order chi connectivity index (χ0) is 14.7. The molecule has 0 aliphatic heterocycles. The number of aromatic nitrogens is 1. The smallest absolute Gasteiger partial charge is 0.244 e. The van der Waals surface area contributed by atoms with Crippen LogP contribution in [-0.4, -0.2) is 16.4 Å². The van der Waals surface area contributed by atoms with Crippen LogP contribution in [0.4, 0.5) is 5.69 Å². The van der Waals surface area contributed by atoms with Gasteiger partial charge in [-0.05, 0) is 48.7 Å². The quantitative estimate of drug-likeness (QED) is 0.833. The predicted molar refractivity (Wildman–Crippen MR) is 85.0 cm³/mol. The van der Waals surface area contributed by atoms with Gasteiger partial charge in [0.25, 0.3) is 0 Å². The number of nitrogens with two attached hydrogens (primary N) is 1. The van der Waals surface area contributed by atoms with Crippen LogP contribution < -0.4 is 11.1 Å². The molecule has 1 fully saturated rings. The molecule has 3 rings (SSSR count). The van der Waals surface area contributed by atoms with Crippen LogP contribution in [0.25, 0.3) is 0 Å². The molecular weight excluding hydrogens is 282 g/mol. The Bertz CT molecular complexity index is 624. The Balaban J connectivity index is 1.55. The molecule has 0 unspecified atom stereocenters. The van der Waals surface area contributed by atoms with Gasteiger partial charge in [-0.3, -0.25) is 9.78 Å². The lowest BCUT2D eigenvalue weighted by Gasteiger charge is -2.10. The van der Waals surface area contributed by atoms with Gasteiger partial charge in [0.2, 0.25) is 5.91 Å². The van der Waals surface area contributed by atoms with Crippen LogP contribution in [0, 0.1) is 0 Å². The highest BCUT2D eigenvalue weighted by molar-refractivity contribution is 7.98. The fraction of sp³-hybridized carbons (Fsp3) is 0.250. The van der Waals surface area contributed by atoms with Crippen molar-refractivity contribution in [1.29, 1.82) is 0 Å². The molecule has 1 aromatic carbocycles. The molecule has 0 atom stereocenters. The van der Waals surface area contributed by atoms with Gasteiger partial charge >= 0.3 is 0 Å². The third-order valence-corrected chi connectivity index (χ3v) is 4.56. The molecule has 1 aromatic heterocycles. The van der Waals surface area contributed by atoms with E-state index in [4.69, 9.17) is 5.73 Å². The summed E-state index contributed by atoms with van der Waals surface area (Å²) in [5.74, 6) is 0.795. The highest BCUT2D eigenvalue weighted by Gasteiger charge is 2.45. The average molecular weight is 299 g/mol. The number of thioether (sulfide) groups is 1. The summed E-state index contributed by atoms with van der Waals surface area (Å²) < 4.78 is 0. The molecule has 1 saturated carbocycles. The number of hydrogen-bond acceptors (Lipinski definition) is 4. The summed E-state index contributed by atoms with van der Waals surface area (Å²) in [6.07, 6.45) is 5.20. The Kier molecular flexibility index (Phi) is 3.94. The van der Waals surface area contributed by atoms with Gasteiger partial charge in [0, 0.05) is 28.7 Å². The maximum Gasteiger partial charge on any atom is 0.244 e. The number of nitrogens with one attached hydrogen (secondary N) is 1. The SMILES string of the molecule is NC1(C(=O)Nc2ccc(SCc3cccnc3)cc2)CC1. The third kappa shape index (κ3) is 3.62. The second-order valence-electron chi connectivity index (χ2n) is 5.28. The number of hydrogen-bond donors (Lipinski definition) is 2. The molecule has 0 bridgehead atoms. The number of pyridine rings is 1. The monoisotopic (exact) mass is 299 g/mol. The van der Waals surface area contributed by atoms with Crippen molar-refractivity contribution in [2.75, 3.05) is 5.32 Å². The standard InChI is InChI=1S/C16H17N3OS/c17-16(7-8-16)15(20)19-13-3-5-14(6-4-13)21-11-12-2-1-9-18-10-12/h1-6,9-10H,7-8,11,17H2,(H,19,20). The Morgan fingerprint density at radius 1 is 1.29 bits per heavy atom. The first kappa shape index (κ1) is 14.1. The van der Waals surface area contributed by atoms with E-state index in [1.807, 2.05) is 36.5 Å². The molecule has 0 radical (unpaired) electrons. The molecular formula is C16H17N3OS. The Morgan fingerprint density at radius 2 is 2.05 bits per heavy atom. The Morgan fingerprint density at radius 3 is 2.67 bits per heavy atom. The molecule has 1 heterocycles. The summed E-state index contributed by atoms with van der Waals surface area (Å²) >= 11 is 1.74. The van der Waals surface area contributed by atoms with E-state index in [1.165, 1.54) is 5.56 Å². The van der Waals surface area contributed by atoms with E-state index >= 15 is 0 Å². The van der Waals surface area contributed by atoms with Crippen molar-refractivity contribution in [3.8, 4) is 0 Å². The normalized spacial score (nSPS) is 15.5. The van der Waals surface area contributed by atoms with E-state index in [9.17, 15) is 4.79 Å². The molecule has 108 valence electrons. The van der Waals surface area contributed by atoms with E-state index in [-0.39, 0.29) is 5.91 Å². The number of anilines is 1. The summed E-state index contributed by atoms with van der Waals surface area (Å²) in [7, 11) is 0. The lowest BCUT2D eigenvalue weighted by atomic mass is 10.2. The number of nitrogens with zero attached hydrogens (tertiary/aromatic N) is 1. The molecule has 2 aromatic rings. The number of rotatable bonds is 5. The summed E-state index contributed by atoms with van der Waals surface area (Å²) in [6, 6.07) is 11.8. The van der Waals surface area contributed by atoms with Gasteiger partial charge in [0.1, 0.15) is 0 Å². The van der Waals surface area contributed by atoms with Crippen LogP contribution in [0.1, 0.15) is 18.4 Å². The number of carbonyl (C=O) groups is 1. The lowest BCUT2D eigenvalue weighted by Crippen LogP contribution is -2.37. The van der Waals surface area contributed by atoms with Gasteiger partial charge < -0.3 is 11.1 Å². The van der Waals surface area contributed by atoms with Crippen LogP contribution >= 0.6 is 11.8 Å². The van der Waals surface area contributed by atoms with Gasteiger partial charge in [-0.15, -0.1) is 11.8 Å². The maximum atomic E-state index is 11.8. The van der Waals surface area contributed by atoms with Gasteiger partial charge in [-0.1, -0.05) is 6.07 Å². The van der Waals surface area contributed by atoms with Crippen LogP contribution in [-0.2, 0) is 10.5 Å². The maximum absolute atomic E-state index is 11.8. The second-order valence-corrected chi connectivity index (χ2v) is 6.33. The summed E-state index contributed by atoms with van der Waals surface area (Å²) in [4.78, 5) is 17.1. The van der Waals surface area contributed by atoms with E-state index in [0.717, 1.165) is 29.2 Å². The van der Waals surface area contributed by atoms with Crippen molar-refractivity contribution in [2.45, 2.75) is 29.0 Å². The first-order valence-electron chi connectivity index (χ1n) is 6.88. The second kappa shape index (κ2) is 5.87. The van der Waals surface area contributed by atoms with Gasteiger partial charge in [0.15, 0.2) is 0 Å². The molecule has 21 heavy (non-hydrogen) atoms. The highest BCUT2D eigenvalue weighted by atomic mass is 32.2. The van der Waals surface area contributed by atoms with Crippen molar-refractivity contribution in [2.24, 2.45) is 5.73 Å². The van der Waals surface area contributed by atoms with E-state index in [0.29, 0.717) is 0 Å². The van der Waals surface area contributed by atoms with E-state index < -0.39 is 5.54 Å². The Hall–Kier alpha value is -1.85. The van der Waals surface area contributed by atoms with Crippen LogP contribution in [0.2, 0.25) is 0 Å². The minimum absolute atomic E-state index is 0.0849. The molecule has 3 N–H and O–H groups in total. The molecule has 0 spiro atoms. The van der Waals surface area contributed by atoms with E-state index in [2.05, 4.69) is 16.4 Å². The Labute approximate surface area is 128 Å². The van der Waals surface area contributed by atoms with Crippen molar-refractivity contribution in [3.05, 3.63) is 54.4 Å².